The molecule has 0 atom stereocenters. The summed E-state index contributed by atoms with van der Waals surface area (Å²) in [4.78, 5) is 0. The van der Waals surface area contributed by atoms with Crippen molar-refractivity contribution in [1.29, 1.82) is 0 Å². The van der Waals surface area contributed by atoms with Crippen LogP contribution in [0.2, 0.25) is 0 Å². The van der Waals surface area contributed by atoms with Crippen molar-refractivity contribution >= 4 is 0 Å². The molecule has 1 heteroatoms. The van der Waals surface area contributed by atoms with E-state index in [0.29, 0.717) is 0 Å². The van der Waals surface area contributed by atoms with Crippen LogP contribution < -0.4 is 0 Å². The molecule has 6 aromatic carbocycles. The molecular formula is C42H38O. The Morgan fingerprint density at radius 2 is 0.605 bits per heavy atom. The van der Waals surface area contributed by atoms with Crippen LogP contribution >= 0.6 is 0 Å². The first kappa shape index (κ1) is 28.4. The Morgan fingerprint density at radius 1 is 0.326 bits per heavy atom. The van der Waals surface area contributed by atoms with Crippen molar-refractivity contribution in [2.24, 2.45) is 0 Å². The predicted octanol–water partition coefficient (Wildman–Crippen LogP) is 10.2. The highest BCUT2D eigenvalue weighted by Gasteiger charge is 2.50. The highest BCUT2D eigenvalue weighted by atomic mass is 16.5. The minimum Gasteiger partial charge on any atom is -0.340 e. The van der Waals surface area contributed by atoms with Gasteiger partial charge >= 0.3 is 0 Å². The Balaban J connectivity index is 1.83. The Kier molecular flexibility index (Phi) is 7.84. The van der Waals surface area contributed by atoms with E-state index in [1.54, 1.807) is 0 Å². The van der Waals surface area contributed by atoms with E-state index >= 15 is 0 Å². The molecule has 0 spiro atoms. The highest BCUT2D eigenvalue weighted by molar-refractivity contribution is 5.57. The van der Waals surface area contributed by atoms with Crippen molar-refractivity contribution in [3.63, 3.8) is 0 Å². The van der Waals surface area contributed by atoms with Crippen LogP contribution in [0.4, 0.5) is 0 Å². The van der Waals surface area contributed by atoms with Gasteiger partial charge in [0.15, 0.2) is 0 Å². The van der Waals surface area contributed by atoms with Crippen molar-refractivity contribution in [3.8, 4) is 0 Å². The van der Waals surface area contributed by atoms with Crippen LogP contribution in [0, 0.1) is 27.7 Å². The monoisotopic (exact) mass is 558 g/mol. The molecule has 0 aliphatic carbocycles. The molecule has 0 aliphatic rings. The zero-order valence-corrected chi connectivity index (χ0v) is 25.4. The van der Waals surface area contributed by atoms with Crippen molar-refractivity contribution < 1.29 is 4.74 Å². The smallest absolute Gasteiger partial charge is 0.146 e. The zero-order valence-electron chi connectivity index (χ0n) is 25.4. The maximum absolute atomic E-state index is 8.21. The maximum atomic E-state index is 8.21. The molecule has 0 saturated heterocycles. The number of rotatable bonds is 8. The van der Waals surface area contributed by atoms with E-state index < -0.39 is 11.2 Å². The standard InChI is InChI=1S/C42H38O/c1-31-19-17-29-39(33(31)3)41(35-21-9-5-10-22-35,36-23-11-6-12-24-36)43-42(37-25-13-7-14-26-37,38-27-15-8-16-28-38)40-30-18-20-32(2)34(40)4/h5-30H,1-4H3. The van der Waals surface area contributed by atoms with E-state index in [1.807, 2.05) is 0 Å². The summed E-state index contributed by atoms with van der Waals surface area (Å²) in [6, 6.07) is 56.1. The Morgan fingerprint density at radius 3 is 0.884 bits per heavy atom. The number of aryl methyl sites for hydroxylation is 2. The number of ether oxygens (including phenoxy) is 1. The van der Waals surface area contributed by atoms with E-state index in [9.17, 15) is 0 Å². The molecule has 43 heavy (non-hydrogen) atoms. The lowest BCUT2D eigenvalue weighted by molar-refractivity contribution is -0.0816. The summed E-state index contributed by atoms with van der Waals surface area (Å²) in [5.74, 6) is 0. The van der Waals surface area contributed by atoms with Gasteiger partial charge in [-0.25, -0.2) is 0 Å². The molecule has 0 unspecified atom stereocenters. The second kappa shape index (κ2) is 11.9. The topological polar surface area (TPSA) is 9.23 Å². The fourth-order valence-electron chi connectivity index (χ4n) is 6.49. The van der Waals surface area contributed by atoms with Crippen molar-refractivity contribution in [1.82, 2.24) is 0 Å². The SMILES string of the molecule is Cc1cccc(C(OC(c2ccccc2)(c2ccccc2)c2cccc(C)c2C)(c2ccccc2)c2ccccc2)c1C. The molecule has 0 radical (unpaired) electrons. The quantitative estimate of drug-likeness (QED) is 0.169. The lowest BCUT2D eigenvalue weighted by atomic mass is 9.73. The average molecular weight is 559 g/mol. The Bertz CT molecular complexity index is 1590. The third-order valence-electron chi connectivity index (χ3n) is 9.00. The predicted molar refractivity (Wildman–Crippen MR) is 178 cm³/mol. The van der Waals surface area contributed by atoms with E-state index in [4.69, 9.17) is 4.74 Å². The van der Waals surface area contributed by atoms with Crippen LogP contribution in [-0.4, -0.2) is 0 Å². The molecule has 6 rings (SSSR count). The largest absolute Gasteiger partial charge is 0.340 e. The molecule has 212 valence electrons. The van der Waals surface area contributed by atoms with Crippen LogP contribution in [0.15, 0.2) is 158 Å². The van der Waals surface area contributed by atoms with Gasteiger partial charge < -0.3 is 4.74 Å². The first-order valence-corrected chi connectivity index (χ1v) is 15.0. The fourth-order valence-corrected chi connectivity index (χ4v) is 6.49. The van der Waals surface area contributed by atoms with Crippen LogP contribution in [-0.2, 0) is 15.9 Å². The molecule has 0 aromatic heterocycles. The molecule has 0 fully saturated rings. The summed E-state index contributed by atoms with van der Waals surface area (Å²) in [6.07, 6.45) is 0. The fraction of sp³-hybridized carbons (Fsp3) is 0.143. The summed E-state index contributed by atoms with van der Waals surface area (Å²) in [5, 5.41) is 0. The Labute approximate surface area is 256 Å². The third-order valence-corrected chi connectivity index (χ3v) is 9.00. The van der Waals surface area contributed by atoms with Gasteiger partial charge in [-0.3, -0.25) is 0 Å². The molecule has 0 bridgehead atoms. The first-order valence-electron chi connectivity index (χ1n) is 15.0. The molecule has 0 N–H and O–H groups in total. The molecule has 0 saturated carbocycles. The van der Waals surface area contributed by atoms with Crippen LogP contribution in [0.1, 0.15) is 55.6 Å². The second-order valence-electron chi connectivity index (χ2n) is 11.4. The summed E-state index contributed by atoms with van der Waals surface area (Å²) >= 11 is 0. The maximum Gasteiger partial charge on any atom is 0.146 e. The Hall–Kier alpha value is -4.72. The molecule has 6 aromatic rings. The molecule has 0 amide bonds. The summed E-state index contributed by atoms with van der Waals surface area (Å²) in [7, 11) is 0. The third kappa shape index (κ3) is 4.90. The van der Waals surface area contributed by atoms with Gasteiger partial charge in [-0.05, 0) is 83.3 Å². The van der Waals surface area contributed by atoms with Gasteiger partial charge in [0.25, 0.3) is 0 Å². The number of hydrogen-bond acceptors (Lipinski definition) is 1. The minimum absolute atomic E-state index is 0.958. The van der Waals surface area contributed by atoms with Gasteiger partial charge in [-0.1, -0.05) is 158 Å². The summed E-state index contributed by atoms with van der Waals surface area (Å²) in [6.45, 7) is 8.82. The van der Waals surface area contributed by atoms with Crippen molar-refractivity contribution in [2.75, 3.05) is 0 Å². The van der Waals surface area contributed by atoms with Crippen LogP contribution in [0.3, 0.4) is 0 Å². The van der Waals surface area contributed by atoms with Gasteiger partial charge in [-0.2, -0.15) is 0 Å². The molecule has 0 heterocycles. The van der Waals surface area contributed by atoms with E-state index in [0.717, 1.165) is 33.4 Å². The van der Waals surface area contributed by atoms with Gasteiger partial charge in [0.05, 0.1) is 0 Å². The van der Waals surface area contributed by atoms with Crippen LogP contribution in [0.25, 0.3) is 0 Å². The van der Waals surface area contributed by atoms with Gasteiger partial charge in [0, 0.05) is 0 Å². The van der Waals surface area contributed by atoms with Gasteiger partial charge in [0.2, 0.25) is 0 Å². The summed E-state index contributed by atoms with van der Waals surface area (Å²) in [5.41, 5.74) is 9.56. The van der Waals surface area contributed by atoms with Crippen molar-refractivity contribution in [2.45, 2.75) is 38.9 Å². The molecule has 0 aliphatic heterocycles. The van der Waals surface area contributed by atoms with Crippen molar-refractivity contribution in [3.05, 3.63) is 213 Å². The van der Waals surface area contributed by atoms with Crippen LogP contribution in [0.5, 0.6) is 0 Å². The number of benzene rings is 6. The summed E-state index contributed by atoms with van der Waals surface area (Å²) < 4.78 is 8.21. The minimum atomic E-state index is -0.958. The van der Waals surface area contributed by atoms with E-state index in [1.165, 1.54) is 22.3 Å². The zero-order chi connectivity index (χ0) is 29.9. The highest BCUT2D eigenvalue weighted by Crippen LogP contribution is 2.52. The van der Waals surface area contributed by atoms with Gasteiger partial charge in [0.1, 0.15) is 11.2 Å². The average Bonchev–Trinajstić information content (AvgIpc) is 3.07. The first-order chi connectivity index (χ1) is 21.0. The number of hydrogen-bond donors (Lipinski definition) is 0. The van der Waals surface area contributed by atoms with Gasteiger partial charge in [-0.15, -0.1) is 0 Å². The lowest BCUT2D eigenvalue weighted by Gasteiger charge is -2.47. The molecular weight excluding hydrogens is 520 g/mol. The van der Waals surface area contributed by atoms with E-state index in [-0.39, 0.29) is 0 Å². The normalized spacial score (nSPS) is 11.8. The molecule has 1 nitrogen and oxygen atoms in total. The second-order valence-corrected chi connectivity index (χ2v) is 11.4. The van der Waals surface area contributed by atoms with E-state index in [2.05, 4.69) is 185 Å². The lowest BCUT2D eigenvalue weighted by Crippen LogP contribution is -2.45.